The minimum Gasteiger partial charge on any atom is -0.339 e. The molecule has 140 valence electrons. The monoisotopic (exact) mass is 363 g/mol. The predicted molar refractivity (Wildman–Crippen MR) is 105 cm³/mol. The van der Waals surface area contributed by atoms with Crippen molar-refractivity contribution in [1.82, 2.24) is 14.8 Å². The normalized spacial score (nSPS) is 16.8. The van der Waals surface area contributed by atoms with Gasteiger partial charge in [0.15, 0.2) is 0 Å². The molecule has 1 aromatic heterocycles. The Bertz CT molecular complexity index is 777. The maximum absolute atomic E-state index is 12.7. The highest BCUT2D eigenvalue weighted by atomic mass is 16.2. The fourth-order valence-electron chi connectivity index (χ4n) is 3.51. The van der Waals surface area contributed by atoms with Crippen molar-refractivity contribution in [1.29, 1.82) is 0 Å². The van der Waals surface area contributed by atoms with Crippen molar-refractivity contribution in [3.05, 3.63) is 78.6 Å². The number of hydrogen-bond donors (Lipinski definition) is 0. The minimum absolute atomic E-state index is 0.0333. The highest BCUT2D eigenvalue weighted by Crippen LogP contribution is 2.17. The van der Waals surface area contributed by atoms with Crippen LogP contribution in [0.15, 0.2) is 67.5 Å². The molecule has 0 spiro atoms. The van der Waals surface area contributed by atoms with E-state index in [1.807, 2.05) is 40.1 Å². The molecule has 1 aliphatic rings. The molecule has 2 aromatic rings. The first-order chi connectivity index (χ1) is 13.2. The van der Waals surface area contributed by atoms with Gasteiger partial charge in [0.2, 0.25) is 11.8 Å². The molecule has 0 aliphatic carbocycles. The summed E-state index contributed by atoms with van der Waals surface area (Å²) in [5, 5.41) is 0. The second-order valence-electron chi connectivity index (χ2n) is 6.78. The zero-order valence-corrected chi connectivity index (χ0v) is 15.5. The van der Waals surface area contributed by atoms with E-state index in [1.54, 1.807) is 12.4 Å². The lowest BCUT2D eigenvalue weighted by molar-refractivity contribution is -0.140. The Morgan fingerprint density at radius 2 is 1.89 bits per heavy atom. The van der Waals surface area contributed by atoms with Gasteiger partial charge in [-0.25, -0.2) is 0 Å². The van der Waals surface area contributed by atoms with E-state index in [9.17, 15) is 9.59 Å². The zero-order valence-electron chi connectivity index (χ0n) is 15.5. The van der Waals surface area contributed by atoms with Gasteiger partial charge in [-0.05, 0) is 36.1 Å². The van der Waals surface area contributed by atoms with Gasteiger partial charge in [0.25, 0.3) is 0 Å². The van der Waals surface area contributed by atoms with Gasteiger partial charge in [-0.2, -0.15) is 0 Å². The molecule has 1 saturated heterocycles. The van der Waals surface area contributed by atoms with Gasteiger partial charge in [-0.3, -0.25) is 14.6 Å². The number of hydrogen-bond acceptors (Lipinski definition) is 3. The molecular formula is C22H25N3O2. The molecule has 5 heteroatoms. The summed E-state index contributed by atoms with van der Waals surface area (Å²) in [4.78, 5) is 32.8. The number of nitrogens with zero attached hydrogens (tertiary/aromatic N) is 3. The Kier molecular flexibility index (Phi) is 6.36. The van der Waals surface area contributed by atoms with Crippen molar-refractivity contribution >= 4 is 11.8 Å². The molecule has 1 aromatic carbocycles. The van der Waals surface area contributed by atoms with Crippen LogP contribution >= 0.6 is 0 Å². The molecule has 0 N–H and O–H groups in total. The lowest BCUT2D eigenvalue weighted by atomic mass is 10.0. The number of benzene rings is 1. The fraction of sp³-hybridized carbons (Fsp3) is 0.318. The molecule has 2 heterocycles. The summed E-state index contributed by atoms with van der Waals surface area (Å²) < 4.78 is 0. The van der Waals surface area contributed by atoms with E-state index in [4.69, 9.17) is 0 Å². The molecule has 2 amide bonds. The molecule has 1 atom stereocenters. The predicted octanol–water partition coefficient (Wildman–Crippen LogP) is 2.48. The summed E-state index contributed by atoms with van der Waals surface area (Å²) in [6, 6.07) is 13.9. The topological polar surface area (TPSA) is 53.5 Å². The highest BCUT2D eigenvalue weighted by Gasteiger charge is 2.31. The summed E-state index contributed by atoms with van der Waals surface area (Å²) >= 11 is 0. The number of pyridine rings is 1. The van der Waals surface area contributed by atoms with Gasteiger partial charge >= 0.3 is 0 Å². The molecule has 27 heavy (non-hydrogen) atoms. The van der Waals surface area contributed by atoms with Crippen LogP contribution in [0.25, 0.3) is 0 Å². The van der Waals surface area contributed by atoms with Crippen LogP contribution in [0.1, 0.15) is 17.5 Å². The molecule has 1 aliphatic heterocycles. The number of amides is 2. The van der Waals surface area contributed by atoms with Crippen LogP contribution in [0, 0.1) is 0 Å². The van der Waals surface area contributed by atoms with Crippen molar-refractivity contribution in [2.45, 2.75) is 25.3 Å². The van der Waals surface area contributed by atoms with Gasteiger partial charge in [0.05, 0.1) is 6.04 Å². The Labute approximate surface area is 160 Å². The van der Waals surface area contributed by atoms with Gasteiger partial charge in [0, 0.05) is 38.4 Å². The van der Waals surface area contributed by atoms with Gasteiger partial charge in [-0.1, -0.05) is 43.0 Å². The summed E-state index contributed by atoms with van der Waals surface area (Å²) in [7, 11) is 0. The van der Waals surface area contributed by atoms with E-state index in [0.29, 0.717) is 32.5 Å². The van der Waals surface area contributed by atoms with Crippen LogP contribution < -0.4 is 0 Å². The van der Waals surface area contributed by atoms with Crippen molar-refractivity contribution in [3.8, 4) is 0 Å². The third-order valence-corrected chi connectivity index (χ3v) is 4.96. The largest absolute Gasteiger partial charge is 0.339 e. The third-order valence-electron chi connectivity index (χ3n) is 4.96. The van der Waals surface area contributed by atoms with Crippen molar-refractivity contribution in [2.75, 3.05) is 19.6 Å². The summed E-state index contributed by atoms with van der Waals surface area (Å²) in [5.74, 6) is 0.0565. The SMILES string of the molecule is C=CC(=O)N1CCN(C(=O)CCc2cccnc2)C[C@@H]1Cc1ccccc1. The van der Waals surface area contributed by atoms with Crippen molar-refractivity contribution < 1.29 is 9.59 Å². The van der Waals surface area contributed by atoms with Gasteiger partial charge < -0.3 is 9.80 Å². The Hall–Kier alpha value is -2.95. The highest BCUT2D eigenvalue weighted by molar-refractivity contribution is 5.87. The quantitative estimate of drug-likeness (QED) is 0.741. The van der Waals surface area contributed by atoms with Crippen LogP contribution in [0.3, 0.4) is 0 Å². The first kappa shape index (κ1) is 18.8. The maximum atomic E-state index is 12.7. The van der Waals surface area contributed by atoms with E-state index in [1.165, 1.54) is 6.08 Å². The second kappa shape index (κ2) is 9.12. The molecule has 0 saturated carbocycles. The van der Waals surface area contributed by atoms with Gasteiger partial charge in [-0.15, -0.1) is 0 Å². The maximum Gasteiger partial charge on any atom is 0.246 e. The van der Waals surface area contributed by atoms with E-state index in [2.05, 4.69) is 23.7 Å². The molecule has 0 bridgehead atoms. The van der Waals surface area contributed by atoms with Crippen LogP contribution in [0.2, 0.25) is 0 Å². The minimum atomic E-state index is -0.0709. The van der Waals surface area contributed by atoms with Crippen LogP contribution in [-0.2, 0) is 22.4 Å². The average molecular weight is 363 g/mol. The van der Waals surface area contributed by atoms with Crippen LogP contribution in [0.4, 0.5) is 0 Å². The first-order valence-corrected chi connectivity index (χ1v) is 9.31. The standard InChI is InChI=1S/C22H25N3O2/c1-2-21(26)25-14-13-24(17-20(25)15-18-7-4-3-5-8-18)22(27)11-10-19-9-6-12-23-16-19/h2-9,12,16,20H,1,10-11,13-15,17H2/t20-/m0/s1. The zero-order chi connectivity index (χ0) is 19.1. The summed E-state index contributed by atoms with van der Waals surface area (Å²) in [5.41, 5.74) is 2.22. The first-order valence-electron chi connectivity index (χ1n) is 9.31. The lowest BCUT2D eigenvalue weighted by Crippen LogP contribution is -2.57. The smallest absolute Gasteiger partial charge is 0.246 e. The lowest BCUT2D eigenvalue weighted by Gasteiger charge is -2.41. The Morgan fingerprint density at radius 3 is 2.59 bits per heavy atom. The molecule has 0 unspecified atom stereocenters. The van der Waals surface area contributed by atoms with Crippen molar-refractivity contribution in [3.63, 3.8) is 0 Å². The van der Waals surface area contributed by atoms with Crippen LogP contribution in [0.5, 0.6) is 0 Å². The van der Waals surface area contributed by atoms with Crippen LogP contribution in [-0.4, -0.2) is 52.3 Å². The molecule has 0 radical (unpaired) electrons. The number of carbonyl (C=O) groups excluding carboxylic acids is 2. The van der Waals surface area contributed by atoms with E-state index in [0.717, 1.165) is 17.5 Å². The third kappa shape index (κ3) is 5.03. The molecular weight excluding hydrogens is 338 g/mol. The number of rotatable bonds is 6. The number of aryl methyl sites for hydroxylation is 1. The fourth-order valence-corrected chi connectivity index (χ4v) is 3.51. The number of aromatic nitrogens is 1. The van der Waals surface area contributed by atoms with E-state index in [-0.39, 0.29) is 17.9 Å². The molecule has 3 rings (SSSR count). The van der Waals surface area contributed by atoms with Gasteiger partial charge in [0.1, 0.15) is 0 Å². The second-order valence-corrected chi connectivity index (χ2v) is 6.78. The number of piperazine rings is 1. The Morgan fingerprint density at radius 1 is 1.11 bits per heavy atom. The molecule has 1 fully saturated rings. The van der Waals surface area contributed by atoms with E-state index < -0.39 is 0 Å². The average Bonchev–Trinajstić information content (AvgIpc) is 2.73. The summed E-state index contributed by atoms with van der Waals surface area (Å²) in [6.07, 6.45) is 6.76. The van der Waals surface area contributed by atoms with E-state index >= 15 is 0 Å². The summed E-state index contributed by atoms with van der Waals surface area (Å²) in [6.45, 7) is 5.28. The molecule has 5 nitrogen and oxygen atoms in total. The number of carbonyl (C=O) groups is 2. The van der Waals surface area contributed by atoms with Crippen molar-refractivity contribution in [2.24, 2.45) is 0 Å². The Balaban J connectivity index is 1.64.